The normalized spacial score (nSPS) is 11.5. The number of rotatable bonds is 4. The third-order valence-corrected chi connectivity index (χ3v) is 4.30. The van der Waals surface area contributed by atoms with Crippen molar-refractivity contribution < 1.29 is 9.63 Å². The smallest absolute Gasteiger partial charge is 0.253 e. The molecule has 0 heterocycles. The molecule has 0 aliphatic rings. The topological polar surface area (TPSA) is 38.3 Å². The van der Waals surface area contributed by atoms with Gasteiger partial charge in [-0.1, -0.05) is 15.9 Å². The Morgan fingerprint density at radius 3 is 2.53 bits per heavy atom. The summed E-state index contributed by atoms with van der Waals surface area (Å²) in [5, 5.41) is 0. The lowest BCUT2D eigenvalue weighted by Gasteiger charge is -2.18. The summed E-state index contributed by atoms with van der Waals surface area (Å²) in [4.78, 5) is 18.0. The van der Waals surface area contributed by atoms with E-state index in [4.69, 9.17) is 4.84 Å². The molecule has 0 atom stereocenters. The second-order valence-electron chi connectivity index (χ2n) is 5.40. The van der Waals surface area contributed by atoms with E-state index in [0.29, 0.717) is 5.75 Å². The van der Waals surface area contributed by atoms with Gasteiger partial charge in [-0.2, -0.15) is 0 Å². The van der Waals surface area contributed by atoms with Gasteiger partial charge in [-0.05, 0) is 57.9 Å². The molecule has 19 heavy (non-hydrogen) atoms. The van der Waals surface area contributed by atoms with Crippen LogP contribution < -0.4 is 5.48 Å². The second-order valence-corrected chi connectivity index (χ2v) is 7.27. The molecular formula is C14H20BrNO2S. The molecule has 1 aromatic carbocycles. The third-order valence-electron chi connectivity index (χ3n) is 2.29. The average molecular weight is 346 g/mol. The van der Waals surface area contributed by atoms with Crippen molar-refractivity contribution in [3.63, 3.8) is 0 Å². The highest BCUT2D eigenvalue weighted by Gasteiger charge is 2.13. The molecule has 1 aromatic rings. The van der Waals surface area contributed by atoms with Crippen LogP contribution in [0.15, 0.2) is 21.5 Å². The fraction of sp³-hybridized carbons (Fsp3) is 0.500. The summed E-state index contributed by atoms with van der Waals surface area (Å²) >= 11 is 5.01. The van der Waals surface area contributed by atoms with Gasteiger partial charge in [-0.3, -0.25) is 9.63 Å². The van der Waals surface area contributed by atoms with Crippen molar-refractivity contribution in [3.05, 3.63) is 27.7 Å². The van der Waals surface area contributed by atoms with Gasteiger partial charge in [0.25, 0.3) is 5.91 Å². The minimum atomic E-state index is -0.371. The highest BCUT2D eigenvalue weighted by Crippen LogP contribution is 2.28. The van der Waals surface area contributed by atoms with Crippen LogP contribution in [0.4, 0.5) is 0 Å². The van der Waals surface area contributed by atoms with Crippen LogP contribution in [0.1, 0.15) is 31.9 Å². The number of aryl methyl sites for hydroxylation is 2. The first kappa shape index (κ1) is 16.5. The monoisotopic (exact) mass is 345 g/mol. The number of hydrogen-bond donors (Lipinski definition) is 1. The summed E-state index contributed by atoms with van der Waals surface area (Å²) in [7, 11) is 0. The number of halogens is 1. The van der Waals surface area contributed by atoms with E-state index in [1.807, 2.05) is 34.6 Å². The van der Waals surface area contributed by atoms with Crippen molar-refractivity contribution in [1.82, 2.24) is 5.48 Å². The molecule has 3 nitrogen and oxygen atoms in total. The average Bonchev–Trinajstić information content (AvgIpc) is 2.28. The van der Waals surface area contributed by atoms with Gasteiger partial charge >= 0.3 is 0 Å². The number of carbonyl (C=O) groups excluding carboxylic acids is 1. The van der Waals surface area contributed by atoms with Crippen molar-refractivity contribution >= 4 is 33.6 Å². The van der Waals surface area contributed by atoms with Crippen LogP contribution >= 0.6 is 27.7 Å². The van der Waals surface area contributed by atoms with Gasteiger partial charge < -0.3 is 0 Å². The Morgan fingerprint density at radius 2 is 1.95 bits per heavy atom. The largest absolute Gasteiger partial charge is 0.272 e. The van der Waals surface area contributed by atoms with E-state index in [2.05, 4.69) is 33.5 Å². The Morgan fingerprint density at radius 1 is 1.32 bits per heavy atom. The van der Waals surface area contributed by atoms with E-state index in [0.717, 1.165) is 14.9 Å². The Kier molecular flexibility index (Phi) is 5.89. The number of thioether (sulfide) groups is 1. The Labute approximate surface area is 127 Å². The van der Waals surface area contributed by atoms with Crippen molar-refractivity contribution in [2.75, 3.05) is 5.75 Å². The maximum Gasteiger partial charge on any atom is 0.253 e. The fourth-order valence-corrected chi connectivity index (χ4v) is 2.64. The summed E-state index contributed by atoms with van der Waals surface area (Å²) in [6.45, 7) is 9.75. The molecule has 1 N–H and O–H groups in total. The second kappa shape index (κ2) is 6.77. The SMILES string of the molecule is Cc1cc(SCC(=O)NOC(C)(C)C)c(C)cc1Br. The third kappa shape index (κ3) is 5.97. The van der Waals surface area contributed by atoms with Crippen molar-refractivity contribution in [3.8, 4) is 0 Å². The van der Waals surface area contributed by atoms with E-state index in [1.54, 1.807) is 0 Å². The number of nitrogens with one attached hydrogen (secondary N) is 1. The van der Waals surface area contributed by atoms with Crippen LogP contribution in [0.3, 0.4) is 0 Å². The van der Waals surface area contributed by atoms with E-state index in [9.17, 15) is 4.79 Å². The maximum atomic E-state index is 11.7. The lowest BCUT2D eigenvalue weighted by atomic mass is 10.2. The molecule has 0 bridgehead atoms. The molecule has 5 heteroatoms. The quantitative estimate of drug-likeness (QED) is 0.661. The molecule has 0 spiro atoms. The highest BCUT2D eigenvalue weighted by atomic mass is 79.9. The van der Waals surface area contributed by atoms with E-state index < -0.39 is 0 Å². The lowest BCUT2D eigenvalue weighted by molar-refractivity contribution is -0.142. The first-order valence-corrected chi connectivity index (χ1v) is 7.83. The van der Waals surface area contributed by atoms with Crippen LogP contribution in [0.25, 0.3) is 0 Å². The zero-order valence-electron chi connectivity index (χ0n) is 12.0. The van der Waals surface area contributed by atoms with E-state index in [1.165, 1.54) is 17.3 Å². The van der Waals surface area contributed by atoms with Gasteiger partial charge in [0.1, 0.15) is 0 Å². The molecule has 0 aromatic heterocycles. The maximum absolute atomic E-state index is 11.7. The molecular weight excluding hydrogens is 326 g/mol. The van der Waals surface area contributed by atoms with Crippen LogP contribution in [0, 0.1) is 13.8 Å². The van der Waals surface area contributed by atoms with Crippen LogP contribution in [0.5, 0.6) is 0 Å². The Hall–Kier alpha value is -0.520. The minimum absolute atomic E-state index is 0.125. The predicted molar refractivity (Wildman–Crippen MR) is 83.3 cm³/mol. The number of benzene rings is 1. The summed E-state index contributed by atoms with van der Waals surface area (Å²) in [5.74, 6) is 0.220. The van der Waals surface area contributed by atoms with Gasteiger partial charge in [0, 0.05) is 9.37 Å². The van der Waals surface area contributed by atoms with E-state index >= 15 is 0 Å². The molecule has 0 aliphatic carbocycles. The molecule has 1 amide bonds. The first-order chi connectivity index (χ1) is 8.69. The number of hydrogen-bond acceptors (Lipinski definition) is 3. The molecule has 106 valence electrons. The summed E-state index contributed by atoms with van der Waals surface area (Å²) in [6, 6.07) is 4.16. The summed E-state index contributed by atoms with van der Waals surface area (Å²) < 4.78 is 1.09. The van der Waals surface area contributed by atoms with Gasteiger partial charge in [-0.15, -0.1) is 11.8 Å². The van der Waals surface area contributed by atoms with Crippen LogP contribution in [-0.4, -0.2) is 17.3 Å². The fourth-order valence-electron chi connectivity index (χ4n) is 1.29. The standard InChI is InChI=1S/C14H20BrNO2S/c1-9-7-12(10(2)6-11(9)15)19-8-13(17)16-18-14(3,4)5/h6-7H,8H2,1-5H3,(H,16,17). The van der Waals surface area contributed by atoms with Gasteiger partial charge in [0.15, 0.2) is 0 Å². The molecule has 0 unspecified atom stereocenters. The molecule has 0 saturated carbocycles. The van der Waals surface area contributed by atoms with Crippen molar-refractivity contribution in [2.24, 2.45) is 0 Å². The van der Waals surface area contributed by atoms with Gasteiger partial charge in [-0.25, -0.2) is 5.48 Å². The molecule has 0 saturated heterocycles. The first-order valence-electron chi connectivity index (χ1n) is 6.05. The van der Waals surface area contributed by atoms with Crippen LogP contribution in [0.2, 0.25) is 0 Å². The van der Waals surface area contributed by atoms with Gasteiger partial charge in [0.2, 0.25) is 0 Å². The van der Waals surface area contributed by atoms with Gasteiger partial charge in [0.05, 0.1) is 11.4 Å². The zero-order chi connectivity index (χ0) is 14.6. The van der Waals surface area contributed by atoms with Crippen molar-refractivity contribution in [1.29, 1.82) is 0 Å². The molecule has 0 aliphatic heterocycles. The number of amides is 1. The summed E-state index contributed by atoms with van der Waals surface area (Å²) in [5.41, 5.74) is 4.42. The molecule has 0 radical (unpaired) electrons. The zero-order valence-corrected chi connectivity index (χ0v) is 14.4. The minimum Gasteiger partial charge on any atom is -0.272 e. The van der Waals surface area contributed by atoms with E-state index in [-0.39, 0.29) is 11.5 Å². The Bertz CT molecular complexity index is 469. The van der Waals surface area contributed by atoms with Crippen LogP contribution in [-0.2, 0) is 9.63 Å². The summed E-state index contributed by atoms with van der Waals surface area (Å²) in [6.07, 6.45) is 0. The highest BCUT2D eigenvalue weighted by molar-refractivity contribution is 9.10. The molecule has 1 rings (SSSR count). The van der Waals surface area contributed by atoms with Crippen molar-refractivity contribution in [2.45, 2.75) is 45.1 Å². The Balaban J connectivity index is 2.53. The number of carbonyl (C=O) groups is 1. The molecule has 0 fully saturated rings. The lowest BCUT2D eigenvalue weighted by Crippen LogP contribution is -2.34. The number of hydroxylamine groups is 1. The predicted octanol–water partition coefficient (Wildman–Crippen LogP) is 4.00.